The molecule has 2 aliphatic heterocycles. The van der Waals surface area contributed by atoms with E-state index in [2.05, 4.69) is 51.9 Å². The van der Waals surface area contributed by atoms with Crippen LogP contribution < -0.4 is 10.6 Å². The molecule has 3 N–H and O–H groups in total. The van der Waals surface area contributed by atoms with Gasteiger partial charge in [0.15, 0.2) is 5.11 Å². The number of nitrogens with one attached hydrogen (secondary N) is 2. The summed E-state index contributed by atoms with van der Waals surface area (Å²) in [7, 11) is 0. The lowest BCUT2D eigenvalue weighted by molar-refractivity contribution is -0.105. The van der Waals surface area contributed by atoms with Gasteiger partial charge in [0.05, 0.1) is 6.04 Å². The van der Waals surface area contributed by atoms with Crippen molar-refractivity contribution in [2.24, 2.45) is 5.92 Å². The molecule has 3 unspecified atom stereocenters. The van der Waals surface area contributed by atoms with Crippen molar-refractivity contribution in [3.63, 3.8) is 0 Å². The monoisotopic (exact) mass is 353 g/mol. The Labute approximate surface area is 153 Å². The first-order valence-electron chi connectivity index (χ1n) is 8.76. The summed E-state index contributed by atoms with van der Waals surface area (Å²) in [6, 6.07) is 20.8. The van der Waals surface area contributed by atoms with Gasteiger partial charge in [-0.3, -0.25) is 4.90 Å². The van der Waals surface area contributed by atoms with E-state index >= 15 is 0 Å². The van der Waals surface area contributed by atoms with Crippen LogP contribution in [0.25, 0.3) is 0 Å². The Bertz CT molecular complexity index is 739. The van der Waals surface area contributed by atoms with E-state index in [4.69, 9.17) is 12.2 Å². The lowest BCUT2D eigenvalue weighted by Crippen LogP contribution is -2.69. The molecule has 5 heteroatoms. The number of benzene rings is 2. The van der Waals surface area contributed by atoms with Crippen LogP contribution in [0.1, 0.15) is 23.6 Å². The lowest BCUT2D eigenvalue weighted by Gasteiger charge is -2.52. The number of nitrogens with zero attached hydrogens (tertiary/aromatic N) is 1. The Balaban J connectivity index is 1.58. The van der Waals surface area contributed by atoms with Crippen molar-refractivity contribution < 1.29 is 5.11 Å². The summed E-state index contributed by atoms with van der Waals surface area (Å²) < 4.78 is 0. The summed E-state index contributed by atoms with van der Waals surface area (Å²) in [5.74, 6) is 0.0269. The van der Waals surface area contributed by atoms with E-state index in [0.29, 0.717) is 11.5 Å². The highest BCUT2D eigenvalue weighted by atomic mass is 32.1. The Morgan fingerprint density at radius 2 is 1.76 bits per heavy atom. The fourth-order valence-electron chi connectivity index (χ4n) is 4.01. The number of aliphatic hydroxyl groups is 1. The number of fused-ring (bicyclic) bond motifs is 1. The molecule has 0 aromatic heterocycles. The van der Waals surface area contributed by atoms with Crippen molar-refractivity contribution in [1.29, 1.82) is 0 Å². The maximum atomic E-state index is 11.2. The van der Waals surface area contributed by atoms with Crippen molar-refractivity contribution in [1.82, 2.24) is 15.5 Å². The van der Waals surface area contributed by atoms with Gasteiger partial charge in [-0.2, -0.15) is 0 Å². The second kappa shape index (κ2) is 6.75. The van der Waals surface area contributed by atoms with Gasteiger partial charge in [-0.05, 0) is 23.3 Å². The van der Waals surface area contributed by atoms with Gasteiger partial charge >= 0.3 is 0 Å². The van der Waals surface area contributed by atoms with E-state index in [0.717, 1.165) is 25.2 Å². The molecule has 130 valence electrons. The van der Waals surface area contributed by atoms with Crippen LogP contribution in [-0.2, 0) is 6.54 Å². The first-order valence-corrected chi connectivity index (χ1v) is 9.17. The van der Waals surface area contributed by atoms with Crippen LogP contribution in [0.2, 0.25) is 0 Å². The summed E-state index contributed by atoms with van der Waals surface area (Å²) in [6.07, 6.45) is 0.662. The van der Waals surface area contributed by atoms with Gasteiger partial charge in [-0.25, -0.2) is 0 Å². The molecule has 2 saturated heterocycles. The van der Waals surface area contributed by atoms with Gasteiger partial charge in [-0.1, -0.05) is 60.7 Å². The molecule has 4 nitrogen and oxygen atoms in total. The number of likely N-dealkylation sites (tertiary alicyclic amines) is 1. The van der Waals surface area contributed by atoms with E-state index in [1.54, 1.807) is 0 Å². The predicted molar refractivity (Wildman–Crippen MR) is 103 cm³/mol. The molecule has 2 aliphatic rings. The Morgan fingerprint density at radius 3 is 2.48 bits per heavy atom. The average molecular weight is 353 g/mol. The number of thiocarbonyl (C=S) groups is 1. The molecule has 2 aromatic carbocycles. The van der Waals surface area contributed by atoms with Crippen LogP contribution in [0.5, 0.6) is 0 Å². The maximum absolute atomic E-state index is 11.2. The van der Waals surface area contributed by atoms with Crippen molar-refractivity contribution in [3.8, 4) is 0 Å². The maximum Gasteiger partial charge on any atom is 0.169 e. The minimum atomic E-state index is -0.948. The summed E-state index contributed by atoms with van der Waals surface area (Å²) in [4.78, 5) is 2.42. The van der Waals surface area contributed by atoms with E-state index in [1.807, 2.05) is 24.3 Å². The molecular weight excluding hydrogens is 330 g/mol. The van der Waals surface area contributed by atoms with Crippen molar-refractivity contribution >= 4 is 17.3 Å². The molecule has 0 spiro atoms. The summed E-state index contributed by atoms with van der Waals surface area (Å²) in [6.45, 7) is 2.56. The number of hydrogen-bond acceptors (Lipinski definition) is 3. The fraction of sp³-hybridized carbons (Fsp3) is 0.350. The van der Waals surface area contributed by atoms with Gasteiger partial charge < -0.3 is 15.7 Å². The van der Waals surface area contributed by atoms with Crippen molar-refractivity contribution in [2.45, 2.75) is 24.7 Å². The van der Waals surface area contributed by atoms with Crippen LogP contribution in [-0.4, -0.2) is 33.9 Å². The summed E-state index contributed by atoms with van der Waals surface area (Å²) >= 11 is 5.36. The fourth-order valence-corrected chi connectivity index (χ4v) is 4.31. The van der Waals surface area contributed by atoms with Gasteiger partial charge in [0.25, 0.3) is 0 Å². The molecule has 2 fully saturated rings. The molecule has 2 heterocycles. The van der Waals surface area contributed by atoms with Gasteiger partial charge in [0.1, 0.15) is 5.72 Å². The Morgan fingerprint density at radius 1 is 1.08 bits per heavy atom. The van der Waals surface area contributed by atoms with Gasteiger partial charge in [-0.15, -0.1) is 0 Å². The van der Waals surface area contributed by atoms with Crippen LogP contribution in [0.4, 0.5) is 0 Å². The van der Waals surface area contributed by atoms with E-state index < -0.39 is 5.72 Å². The number of rotatable bonds is 3. The Hall–Kier alpha value is -1.95. The number of piperidine rings is 1. The third kappa shape index (κ3) is 3.40. The highest BCUT2D eigenvalue weighted by Crippen LogP contribution is 2.38. The first kappa shape index (κ1) is 16.5. The summed E-state index contributed by atoms with van der Waals surface area (Å²) in [5.41, 5.74) is 1.52. The zero-order valence-corrected chi connectivity index (χ0v) is 14.9. The van der Waals surface area contributed by atoms with E-state index in [-0.39, 0.29) is 12.0 Å². The highest BCUT2D eigenvalue weighted by Gasteiger charge is 2.49. The van der Waals surface area contributed by atoms with E-state index in [1.165, 1.54) is 5.56 Å². The molecule has 0 bridgehead atoms. The Kier molecular flexibility index (Phi) is 4.46. The van der Waals surface area contributed by atoms with Crippen molar-refractivity contribution in [3.05, 3.63) is 71.8 Å². The minimum absolute atomic E-state index is 0.0125. The molecule has 25 heavy (non-hydrogen) atoms. The second-order valence-corrected chi connectivity index (χ2v) is 7.40. The van der Waals surface area contributed by atoms with Crippen LogP contribution in [0, 0.1) is 5.92 Å². The topological polar surface area (TPSA) is 47.5 Å². The zero-order chi connectivity index (χ0) is 17.3. The summed E-state index contributed by atoms with van der Waals surface area (Å²) in [5, 5.41) is 18.2. The van der Waals surface area contributed by atoms with E-state index in [9.17, 15) is 5.11 Å². The first-order chi connectivity index (χ1) is 12.1. The molecular formula is C20H23N3OS. The van der Waals surface area contributed by atoms with Crippen LogP contribution >= 0.6 is 12.2 Å². The molecule has 3 atom stereocenters. The SMILES string of the molecule is OC12CCN(Cc3ccccc3)CC1C(c1ccccc1)NC(=S)N2. The second-order valence-electron chi connectivity index (χ2n) is 6.99. The van der Waals surface area contributed by atoms with Gasteiger partial charge in [0.2, 0.25) is 0 Å². The lowest BCUT2D eigenvalue weighted by atomic mass is 9.78. The largest absolute Gasteiger partial charge is 0.371 e. The van der Waals surface area contributed by atoms with Crippen LogP contribution in [0.15, 0.2) is 60.7 Å². The molecule has 0 amide bonds. The smallest absolute Gasteiger partial charge is 0.169 e. The zero-order valence-electron chi connectivity index (χ0n) is 14.1. The highest BCUT2D eigenvalue weighted by molar-refractivity contribution is 7.80. The molecule has 0 saturated carbocycles. The molecule has 0 radical (unpaired) electrons. The van der Waals surface area contributed by atoms with Gasteiger partial charge in [0, 0.05) is 32.0 Å². The molecule has 4 rings (SSSR count). The predicted octanol–water partition coefficient (Wildman–Crippen LogP) is 2.42. The number of hydrogen-bond donors (Lipinski definition) is 3. The third-order valence-corrected chi connectivity index (χ3v) is 5.52. The molecule has 2 aromatic rings. The standard InChI is InChI=1S/C20H23N3OS/c24-20-11-12-23(13-15-7-3-1-4-8-15)14-17(20)18(21-19(25)22-20)16-9-5-2-6-10-16/h1-10,17-18,24H,11-14H2,(H2,21,22,25). The quantitative estimate of drug-likeness (QED) is 0.740. The van der Waals surface area contributed by atoms with Crippen molar-refractivity contribution in [2.75, 3.05) is 13.1 Å². The normalized spacial score (nSPS) is 29.4. The minimum Gasteiger partial charge on any atom is -0.371 e. The third-order valence-electron chi connectivity index (χ3n) is 5.30. The average Bonchev–Trinajstić information content (AvgIpc) is 2.63. The molecule has 0 aliphatic carbocycles. The van der Waals surface area contributed by atoms with Crippen LogP contribution in [0.3, 0.4) is 0 Å².